The molecule has 17 heavy (non-hydrogen) atoms. The Morgan fingerprint density at radius 1 is 1.35 bits per heavy atom. The third kappa shape index (κ3) is 3.05. The summed E-state index contributed by atoms with van der Waals surface area (Å²) in [5.41, 5.74) is 2.16. The predicted molar refractivity (Wildman–Crippen MR) is 71.4 cm³/mol. The molecule has 0 aliphatic rings. The maximum atomic E-state index is 9.42. The van der Waals surface area contributed by atoms with Crippen LogP contribution in [0.3, 0.4) is 0 Å². The Bertz CT molecular complexity index is 455. The normalized spacial score (nSPS) is 12.4. The molecule has 1 atom stereocenters. The zero-order valence-corrected chi connectivity index (χ0v) is 10.6. The molecular weight excluding hydrogens is 232 g/mol. The Morgan fingerprint density at radius 3 is 2.71 bits per heavy atom. The highest BCUT2D eigenvalue weighted by Crippen LogP contribution is 2.22. The third-order valence-corrected chi connectivity index (χ3v) is 3.42. The van der Waals surface area contributed by atoms with Crippen LogP contribution >= 0.6 is 11.3 Å². The van der Waals surface area contributed by atoms with Crippen LogP contribution < -0.4 is 5.32 Å². The van der Waals surface area contributed by atoms with Gasteiger partial charge in [-0.05, 0) is 12.0 Å². The molecule has 1 heterocycles. The van der Waals surface area contributed by atoms with Gasteiger partial charge in [0.2, 0.25) is 0 Å². The number of rotatable bonds is 5. The summed E-state index contributed by atoms with van der Waals surface area (Å²) < 4.78 is 0. The predicted octanol–water partition coefficient (Wildman–Crippen LogP) is 2.85. The summed E-state index contributed by atoms with van der Waals surface area (Å²) in [4.78, 5) is 4.44. The van der Waals surface area contributed by atoms with E-state index >= 15 is 0 Å². The van der Waals surface area contributed by atoms with Crippen LogP contribution in [0.5, 0.6) is 0 Å². The number of anilines is 1. The number of aliphatic hydroxyl groups is 1. The smallest absolute Gasteiger partial charge is 0.183 e. The Kier molecular flexibility index (Phi) is 4.12. The van der Waals surface area contributed by atoms with Crippen molar-refractivity contribution in [2.75, 3.05) is 11.9 Å². The van der Waals surface area contributed by atoms with Gasteiger partial charge in [0.15, 0.2) is 5.13 Å². The van der Waals surface area contributed by atoms with Gasteiger partial charge in [-0.25, -0.2) is 4.98 Å². The number of benzene rings is 1. The van der Waals surface area contributed by atoms with E-state index in [9.17, 15) is 5.11 Å². The molecular formula is C13H16N2OS. The van der Waals surface area contributed by atoms with E-state index in [1.165, 1.54) is 0 Å². The lowest BCUT2D eigenvalue weighted by Crippen LogP contribution is -2.14. The number of thiazole rings is 1. The summed E-state index contributed by atoms with van der Waals surface area (Å²) in [5.74, 6) is 0. The summed E-state index contributed by atoms with van der Waals surface area (Å²) in [6, 6.07) is 9.82. The lowest BCUT2D eigenvalue weighted by Gasteiger charge is -2.15. The van der Waals surface area contributed by atoms with Gasteiger partial charge in [0.1, 0.15) is 0 Å². The zero-order valence-electron chi connectivity index (χ0n) is 9.76. The van der Waals surface area contributed by atoms with Gasteiger partial charge in [-0.1, -0.05) is 37.3 Å². The van der Waals surface area contributed by atoms with Crippen molar-refractivity contribution in [3.63, 3.8) is 0 Å². The van der Waals surface area contributed by atoms with Crippen LogP contribution in [-0.4, -0.2) is 16.7 Å². The van der Waals surface area contributed by atoms with Crippen molar-refractivity contribution in [3.05, 3.63) is 47.0 Å². The quantitative estimate of drug-likeness (QED) is 0.855. The highest BCUT2D eigenvalue weighted by molar-refractivity contribution is 7.13. The van der Waals surface area contributed by atoms with Gasteiger partial charge >= 0.3 is 0 Å². The van der Waals surface area contributed by atoms with Crippen molar-refractivity contribution in [3.8, 4) is 0 Å². The van der Waals surface area contributed by atoms with Crippen LogP contribution in [0.25, 0.3) is 0 Å². The van der Waals surface area contributed by atoms with Gasteiger partial charge in [-0.3, -0.25) is 0 Å². The average Bonchev–Trinajstić information content (AvgIpc) is 2.84. The second kappa shape index (κ2) is 5.80. The molecule has 1 aromatic carbocycles. The van der Waals surface area contributed by atoms with Crippen molar-refractivity contribution in [2.45, 2.75) is 19.4 Å². The summed E-state index contributed by atoms with van der Waals surface area (Å²) in [5, 5.41) is 15.6. The van der Waals surface area contributed by atoms with Crippen molar-refractivity contribution >= 4 is 16.5 Å². The van der Waals surface area contributed by atoms with Crippen molar-refractivity contribution in [2.24, 2.45) is 0 Å². The molecule has 0 aliphatic heterocycles. The van der Waals surface area contributed by atoms with E-state index in [0.29, 0.717) is 0 Å². The van der Waals surface area contributed by atoms with Crippen molar-refractivity contribution < 1.29 is 5.11 Å². The van der Waals surface area contributed by atoms with Crippen molar-refractivity contribution in [1.82, 2.24) is 4.98 Å². The SMILES string of the molecule is CCc1csc(NC(CO)c2ccccc2)n1. The van der Waals surface area contributed by atoms with Gasteiger partial charge in [0.25, 0.3) is 0 Å². The second-order valence-corrected chi connectivity index (χ2v) is 4.65. The lowest BCUT2D eigenvalue weighted by molar-refractivity contribution is 0.276. The number of hydrogen-bond acceptors (Lipinski definition) is 4. The van der Waals surface area contributed by atoms with Gasteiger partial charge in [-0.15, -0.1) is 11.3 Å². The van der Waals surface area contributed by atoms with Crippen LogP contribution in [0.2, 0.25) is 0 Å². The maximum Gasteiger partial charge on any atom is 0.183 e. The van der Waals surface area contributed by atoms with Crippen LogP contribution in [-0.2, 0) is 6.42 Å². The van der Waals surface area contributed by atoms with Crippen LogP contribution in [0, 0.1) is 0 Å². The van der Waals surface area contributed by atoms with E-state index < -0.39 is 0 Å². The summed E-state index contributed by atoms with van der Waals surface area (Å²) in [7, 11) is 0. The average molecular weight is 248 g/mol. The fourth-order valence-corrected chi connectivity index (χ4v) is 2.45. The molecule has 0 fully saturated rings. The first-order chi connectivity index (χ1) is 8.33. The molecule has 0 spiro atoms. The monoisotopic (exact) mass is 248 g/mol. The molecule has 0 bridgehead atoms. The highest BCUT2D eigenvalue weighted by Gasteiger charge is 2.11. The molecule has 4 heteroatoms. The number of hydrogen-bond donors (Lipinski definition) is 2. The van der Waals surface area contributed by atoms with Crippen LogP contribution in [0.4, 0.5) is 5.13 Å². The molecule has 0 saturated carbocycles. The molecule has 1 aromatic heterocycles. The number of nitrogens with one attached hydrogen (secondary N) is 1. The number of nitrogens with zero attached hydrogens (tertiary/aromatic N) is 1. The number of aryl methyl sites for hydroxylation is 1. The van der Waals surface area contributed by atoms with E-state index in [1.807, 2.05) is 35.7 Å². The number of aromatic nitrogens is 1. The summed E-state index contributed by atoms with van der Waals surface area (Å²) >= 11 is 1.58. The van der Waals surface area contributed by atoms with E-state index in [-0.39, 0.29) is 12.6 Å². The molecule has 0 saturated heterocycles. The number of aliphatic hydroxyl groups excluding tert-OH is 1. The van der Waals surface area contributed by atoms with E-state index in [2.05, 4.69) is 17.2 Å². The standard InChI is InChI=1S/C13H16N2OS/c1-2-11-9-17-13(14-11)15-12(8-16)10-6-4-3-5-7-10/h3-7,9,12,16H,2,8H2,1H3,(H,14,15). The summed E-state index contributed by atoms with van der Waals surface area (Å²) in [6.07, 6.45) is 0.938. The van der Waals surface area contributed by atoms with Gasteiger partial charge < -0.3 is 10.4 Å². The van der Waals surface area contributed by atoms with Gasteiger partial charge in [0, 0.05) is 5.38 Å². The Labute approximate surface area is 105 Å². The molecule has 3 nitrogen and oxygen atoms in total. The molecule has 2 rings (SSSR count). The molecule has 90 valence electrons. The molecule has 0 amide bonds. The molecule has 0 radical (unpaired) electrons. The largest absolute Gasteiger partial charge is 0.394 e. The third-order valence-electron chi connectivity index (χ3n) is 2.60. The van der Waals surface area contributed by atoms with E-state index in [0.717, 1.165) is 22.8 Å². The Hall–Kier alpha value is -1.39. The van der Waals surface area contributed by atoms with Crippen LogP contribution in [0.15, 0.2) is 35.7 Å². The first kappa shape index (κ1) is 12.1. The van der Waals surface area contributed by atoms with Crippen molar-refractivity contribution in [1.29, 1.82) is 0 Å². The topological polar surface area (TPSA) is 45.1 Å². The fourth-order valence-electron chi connectivity index (χ4n) is 1.60. The molecule has 2 N–H and O–H groups in total. The fraction of sp³-hybridized carbons (Fsp3) is 0.308. The van der Waals surface area contributed by atoms with Gasteiger partial charge in [0.05, 0.1) is 18.3 Å². The van der Waals surface area contributed by atoms with E-state index in [4.69, 9.17) is 0 Å². The first-order valence-corrected chi connectivity index (χ1v) is 6.58. The minimum atomic E-state index is -0.0907. The minimum absolute atomic E-state index is 0.0606. The maximum absolute atomic E-state index is 9.42. The molecule has 2 aromatic rings. The van der Waals surface area contributed by atoms with E-state index in [1.54, 1.807) is 11.3 Å². The Morgan fingerprint density at radius 2 is 2.12 bits per heavy atom. The van der Waals surface area contributed by atoms with Crippen LogP contribution in [0.1, 0.15) is 24.2 Å². The molecule has 1 unspecified atom stereocenters. The zero-order chi connectivity index (χ0) is 12.1. The second-order valence-electron chi connectivity index (χ2n) is 3.79. The Balaban J connectivity index is 2.10. The first-order valence-electron chi connectivity index (χ1n) is 5.70. The lowest BCUT2D eigenvalue weighted by atomic mass is 10.1. The van der Waals surface area contributed by atoms with Gasteiger partial charge in [-0.2, -0.15) is 0 Å². The summed E-state index contributed by atoms with van der Waals surface area (Å²) in [6.45, 7) is 2.14. The molecule has 0 aliphatic carbocycles. The minimum Gasteiger partial charge on any atom is -0.394 e. The highest BCUT2D eigenvalue weighted by atomic mass is 32.1.